The van der Waals surface area contributed by atoms with Crippen molar-refractivity contribution in [3.05, 3.63) is 29.8 Å². The maximum Gasteiger partial charge on any atom is 0.240 e. The Hall–Kier alpha value is -0.910. The number of benzene rings is 1. The van der Waals surface area contributed by atoms with E-state index in [9.17, 15) is 13.5 Å². The first-order valence-corrected chi connectivity index (χ1v) is 8.78. The highest BCUT2D eigenvalue weighted by molar-refractivity contribution is 7.89. The fourth-order valence-corrected chi connectivity index (χ4v) is 3.39. The van der Waals surface area contributed by atoms with E-state index in [0.29, 0.717) is 12.3 Å². The summed E-state index contributed by atoms with van der Waals surface area (Å²) in [6.07, 6.45) is 0.607. The number of nitrogens with one attached hydrogen (secondary N) is 1. The topological polar surface area (TPSA) is 66.4 Å². The normalized spacial score (nSPS) is 14.4. The molecule has 0 radical (unpaired) electrons. The third kappa shape index (κ3) is 5.41. The summed E-state index contributed by atoms with van der Waals surface area (Å²) in [5.41, 5.74) is 1.07. The molecule has 1 atom stereocenters. The molecule has 0 fully saturated rings. The molecule has 1 rings (SSSR count). The molecule has 2 N–H and O–H groups in total. The van der Waals surface area contributed by atoms with Crippen molar-refractivity contribution < 1.29 is 13.5 Å². The molecule has 0 amide bonds. The average Bonchev–Trinajstić information content (AvgIpc) is 2.36. The number of sulfonamides is 1. The molecule has 0 heterocycles. The molecular formula is C16H27NO3S. The highest BCUT2D eigenvalue weighted by atomic mass is 32.2. The van der Waals surface area contributed by atoms with Gasteiger partial charge in [0.05, 0.1) is 11.5 Å². The van der Waals surface area contributed by atoms with Gasteiger partial charge in [0.15, 0.2) is 0 Å². The smallest absolute Gasteiger partial charge is 0.240 e. The number of aliphatic hydroxyl groups excluding tert-OH is 1. The number of rotatable bonds is 6. The summed E-state index contributed by atoms with van der Waals surface area (Å²) in [5, 5.41) is 9.31. The SMILES string of the molecule is CC(C)CC(CO)NS(=O)(=O)c1ccc(C(C)(C)C)cc1. The van der Waals surface area contributed by atoms with Gasteiger partial charge in [-0.2, -0.15) is 0 Å². The van der Waals surface area contributed by atoms with Crippen molar-refractivity contribution in [3.63, 3.8) is 0 Å². The van der Waals surface area contributed by atoms with Gasteiger partial charge in [-0.3, -0.25) is 0 Å². The van der Waals surface area contributed by atoms with E-state index in [1.54, 1.807) is 12.1 Å². The summed E-state index contributed by atoms with van der Waals surface area (Å²) in [6.45, 7) is 10.0. The zero-order valence-corrected chi connectivity index (χ0v) is 14.4. The van der Waals surface area contributed by atoms with Gasteiger partial charge in [0.2, 0.25) is 10.0 Å². The zero-order valence-electron chi connectivity index (χ0n) is 13.6. The summed E-state index contributed by atoms with van der Waals surface area (Å²) >= 11 is 0. The summed E-state index contributed by atoms with van der Waals surface area (Å²) < 4.78 is 27.2. The number of aliphatic hydroxyl groups is 1. The minimum absolute atomic E-state index is 0.0129. The maximum atomic E-state index is 12.3. The molecule has 1 aromatic rings. The lowest BCUT2D eigenvalue weighted by atomic mass is 9.87. The molecule has 1 aromatic carbocycles. The van der Waals surface area contributed by atoms with E-state index in [-0.39, 0.29) is 16.9 Å². The van der Waals surface area contributed by atoms with E-state index in [2.05, 4.69) is 25.5 Å². The predicted molar refractivity (Wildman–Crippen MR) is 85.8 cm³/mol. The predicted octanol–water partition coefficient (Wildman–Crippen LogP) is 2.67. The Morgan fingerprint density at radius 2 is 1.67 bits per heavy atom. The van der Waals surface area contributed by atoms with Crippen LogP contribution >= 0.6 is 0 Å². The van der Waals surface area contributed by atoms with Crippen LogP contribution < -0.4 is 4.72 Å². The zero-order chi connectivity index (χ0) is 16.3. The van der Waals surface area contributed by atoms with Crippen molar-refractivity contribution in [1.82, 2.24) is 4.72 Å². The van der Waals surface area contributed by atoms with E-state index >= 15 is 0 Å². The maximum absolute atomic E-state index is 12.3. The van der Waals surface area contributed by atoms with Crippen LogP contribution in [0.4, 0.5) is 0 Å². The Balaban J connectivity index is 2.92. The van der Waals surface area contributed by atoms with Crippen LogP contribution in [-0.2, 0) is 15.4 Å². The highest BCUT2D eigenvalue weighted by Crippen LogP contribution is 2.23. The molecule has 1 unspecified atom stereocenters. The first-order chi connectivity index (χ1) is 9.56. The van der Waals surface area contributed by atoms with E-state index in [4.69, 9.17) is 0 Å². The second-order valence-corrected chi connectivity index (χ2v) is 8.62. The molecule has 0 saturated heterocycles. The third-order valence-corrected chi connectivity index (χ3v) is 4.87. The van der Waals surface area contributed by atoms with E-state index in [1.165, 1.54) is 0 Å². The molecule has 120 valence electrons. The van der Waals surface area contributed by atoms with Crippen molar-refractivity contribution >= 4 is 10.0 Å². The van der Waals surface area contributed by atoms with E-state index in [1.807, 2.05) is 26.0 Å². The summed E-state index contributed by atoms with van der Waals surface area (Å²) in [6, 6.07) is 6.47. The van der Waals surface area contributed by atoms with Crippen molar-refractivity contribution in [2.24, 2.45) is 5.92 Å². The highest BCUT2D eigenvalue weighted by Gasteiger charge is 2.21. The van der Waals surface area contributed by atoms with Gasteiger partial charge in [0, 0.05) is 6.04 Å². The minimum Gasteiger partial charge on any atom is -0.395 e. The molecule has 5 heteroatoms. The lowest BCUT2D eigenvalue weighted by molar-refractivity contribution is 0.240. The van der Waals surface area contributed by atoms with Gasteiger partial charge in [0.25, 0.3) is 0 Å². The van der Waals surface area contributed by atoms with Gasteiger partial charge < -0.3 is 5.11 Å². The van der Waals surface area contributed by atoms with Crippen LogP contribution in [0.3, 0.4) is 0 Å². The molecule has 0 saturated carbocycles. The molecule has 4 nitrogen and oxygen atoms in total. The first kappa shape index (κ1) is 18.1. The fourth-order valence-electron chi connectivity index (χ4n) is 2.15. The molecular weight excluding hydrogens is 286 g/mol. The molecule has 0 aliphatic carbocycles. The molecule has 0 bridgehead atoms. The van der Waals surface area contributed by atoms with Crippen LogP contribution in [0, 0.1) is 5.92 Å². The third-order valence-electron chi connectivity index (χ3n) is 3.33. The lowest BCUT2D eigenvalue weighted by Crippen LogP contribution is -2.38. The van der Waals surface area contributed by atoms with Gasteiger partial charge in [-0.15, -0.1) is 0 Å². The van der Waals surface area contributed by atoms with Crippen LogP contribution in [0.25, 0.3) is 0 Å². The summed E-state index contributed by atoms with van der Waals surface area (Å²) in [4.78, 5) is 0.234. The Morgan fingerprint density at radius 1 is 1.14 bits per heavy atom. The Kier molecular flexibility index (Phi) is 5.96. The van der Waals surface area contributed by atoms with Crippen LogP contribution in [0.5, 0.6) is 0 Å². The largest absolute Gasteiger partial charge is 0.395 e. The lowest BCUT2D eigenvalue weighted by Gasteiger charge is -2.20. The molecule has 0 aromatic heterocycles. The fraction of sp³-hybridized carbons (Fsp3) is 0.625. The second kappa shape index (κ2) is 6.90. The van der Waals surface area contributed by atoms with E-state index in [0.717, 1.165) is 5.56 Å². The average molecular weight is 313 g/mol. The molecule has 0 spiro atoms. The van der Waals surface area contributed by atoms with Gasteiger partial charge in [-0.1, -0.05) is 46.8 Å². The molecule has 21 heavy (non-hydrogen) atoms. The first-order valence-electron chi connectivity index (χ1n) is 7.30. The number of hydrogen-bond acceptors (Lipinski definition) is 3. The minimum atomic E-state index is -3.59. The van der Waals surface area contributed by atoms with Crippen molar-refractivity contribution in [2.75, 3.05) is 6.61 Å². The second-order valence-electron chi connectivity index (χ2n) is 6.90. The molecule has 0 aliphatic heterocycles. The van der Waals surface area contributed by atoms with Crippen molar-refractivity contribution in [2.45, 2.75) is 57.4 Å². The van der Waals surface area contributed by atoms with Crippen LogP contribution in [0.15, 0.2) is 29.2 Å². The van der Waals surface area contributed by atoms with Crippen LogP contribution in [0.2, 0.25) is 0 Å². The van der Waals surface area contributed by atoms with Gasteiger partial charge >= 0.3 is 0 Å². The monoisotopic (exact) mass is 313 g/mol. The van der Waals surface area contributed by atoms with Crippen molar-refractivity contribution in [1.29, 1.82) is 0 Å². The van der Waals surface area contributed by atoms with Crippen LogP contribution in [0.1, 0.15) is 46.6 Å². The standard InChI is InChI=1S/C16H27NO3S/c1-12(2)10-14(11-18)17-21(19,20)15-8-6-13(7-9-15)16(3,4)5/h6-9,12,14,17-18H,10-11H2,1-5H3. The van der Waals surface area contributed by atoms with E-state index < -0.39 is 16.1 Å². The molecule has 0 aliphatic rings. The van der Waals surface area contributed by atoms with Gasteiger partial charge in [-0.05, 0) is 35.4 Å². The Morgan fingerprint density at radius 3 is 2.05 bits per heavy atom. The summed E-state index contributed by atoms with van der Waals surface area (Å²) in [5.74, 6) is 0.313. The Bertz CT molecular complexity index is 542. The van der Waals surface area contributed by atoms with Crippen LogP contribution in [-0.4, -0.2) is 26.2 Å². The Labute approximate surface area is 128 Å². The van der Waals surface area contributed by atoms with Gasteiger partial charge in [-0.25, -0.2) is 13.1 Å². The van der Waals surface area contributed by atoms with Crippen molar-refractivity contribution in [3.8, 4) is 0 Å². The quantitative estimate of drug-likeness (QED) is 0.848. The number of hydrogen-bond donors (Lipinski definition) is 2. The summed E-state index contributed by atoms with van der Waals surface area (Å²) in [7, 11) is -3.59. The van der Waals surface area contributed by atoms with Gasteiger partial charge in [0.1, 0.15) is 0 Å².